The number of rotatable bonds is 4. The van der Waals surface area contributed by atoms with E-state index in [0.29, 0.717) is 31.9 Å². The quantitative estimate of drug-likeness (QED) is 0.757. The van der Waals surface area contributed by atoms with Gasteiger partial charge in [-0.2, -0.15) is 0 Å². The van der Waals surface area contributed by atoms with E-state index in [1.165, 1.54) is 0 Å². The molecule has 0 unspecified atom stereocenters. The third-order valence-electron chi connectivity index (χ3n) is 6.67. The standard InChI is InChI=1S/C21H26N4O3/c1-2-22-20(27)25-11-15-14(18-7-8-21(15,12-25)28-18)10-23-19(26)17-9-13-5-3-4-6-16(13)24-17/h3-6,9,14-15,18,24H,2,7-8,10-12H2,1H3,(H,22,27)(H,23,26)/t14-,15+,18+,21+/m0/s1. The van der Waals surface area contributed by atoms with E-state index in [1.807, 2.05) is 42.2 Å². The molecular weight excluding hydrogens is 356 g/mol. The summed E-state index contributed by atoms with van der Waals surface area (Å²) in [5.41, 5.74) is 1.32. The van der Waals surface area contributed by atoms with Crippen molar-refractivity contribution >= 4 is 22.8 Å². The molecular formula is C21H26N4O3. The molecule has 5 rings (SSSR count). The lowest BCUT2D eigenvalue weighted by atomic mass is 9.73. The molecule has 4 heterocycles. The Bertz CT molecular complexity index is 892. The van der Waals surface area contributed by atoms with Crippen LogP contribution in [0.1, 0.15) is 30.3 Å². The Morgan fingerprint density at radius 2 is 2.18 bits per heavy atom. The van der Waals surface area contributed by atoms with Crippen molar-refractivity contribution in [1.82, 2.24) is 20.5 Å². The largest absolute Gasteiger partial charge is 0.369 e. The summed E-state index contributed by atoms with van der Waals surface area (Å²) in [6.07, 6.45) is 2.20. The summed E-state index contributed by atoms with van der Waals surface area (Å²) < 4.78 is 6.36. The van der Waals surface area contributed by atoms with Gasteiger partial charge in [0.25, 0.3) is 5.91 Å². The average molecular weight is 382 g/mol. The first-order valence-electron chi connectivity index (χ1n) is 10.2. The number of nitrogens with zero attached hydrogens (tertiary/aromatic N) is 1. The molecule has 3 amide bonds. The smallest absolute Gasteiger partial charge is 0.317 e. The summed E-state index contributed by atoms with van der Waals surface area (Å²) in [7, 11) is 0. The van der Waals surface area contributed by atoms with Gasteiger partial charge in [-0.05, 0) is 31.9 Å². The van der Waals surface area contributed by atoms with Gasteiger partial charge in [0.2, 0.25) is 0 Å². The lowest BCUT2D eigenvalue weighted by Gasteiger charge is -2.29. The summed E-state index contributed by atoms with van der Waals surface area (Å²) in [5.74, 6) is 0.449. The van der Waals surface area contributed by atoms with E-state index < -0.39 is 0 Å². The Kier molecular flexibility index (Phi) is 4.08. The lowest BCUT2D eigenvalue weighted by Crippen LogP contribution is -2.42. The lowest BCUT2D eigenvalue weighted by molar-refractivity contribution is 0.00555. The van der Waals surface area contributed by atoms with Gasteiger partial charge in [0, 0.05) is 42.4 Å². The normalized spacial score (nSPS) is 30.6. The van der Waals surface area contributed by atoms with Gasteiger partial charge in [0.15, 0.2) is 0 Å². The molecule has 1 aromatic carbocycles. The number of amides is 3. The molecule has 3 saturated heterocycles. The predicted molar refractivity (Wildman–Crippen MR) is 105 cm³/mol. The molecule has 2 bridgehead atoms. The molecule has 4 atom stereocenters. The van der Waals surface area contributed by atoms with Crippen molar-refractivity contribution in [1.29, 1.82) is 0 Å². The minimum Gasteiger partial charge on any atom is -0.369 e. The van der Waals surface area contributed by atoms with Gasteiger partial charge in [-0.15, -0.1) is 0 Å². The second kappa shape index (κ2) is 6.51. The highest BCUT2D eigenvalue weighted by atomic mass is 16.5. The van der Waals surface area contributed by atoms with Crippen LogP contribution in [0, 0.1) is 11.8 Å². The molecule has 3 fully saturated rings. The second-order valence-electron chi connectivity index (χ2n) is 8.23. The van der Waals surface area contributed by atoms with E-state index in [0.717, 1.165) is 23.7 Å². The SMILES string of the molecule is CCNC(=O)N1C[C@@H]2[C@H](CNC(=O)c3cc4ccccc4[nH]3)[C@H]3CC[C@]2(C1)O3. The maximum Gasteiger partial charge on any atom is 0.317 e. The third kappa shape index (κ3) is 2.68. The van der Waals surface area contributed by atoms with Crippen LogP contribution in [0.4, 0.5) is 4.79 Å². The maximum absolute atomic E-state index is 12.7. The van der Waals surface area contributed by atoms with Crippen LogP contribution in [0.3, 0.4) is 0 Å². The number of aromatic nitrogens is 1. The van der Waals surface area contributed by atoms with Gasteiger partial charge < -0.3 is 25.3 Å². The summed E-state index contributed by atoms with van der Waals surface area (Å²) in [4.78, 5) is 30.0. The van der Waals surface area contributed by atoms with E-state index in [-0.39, 0.29) is 35.5 Å². The van der Waals surface area contributed by atoms with E-state index in [4.69, 9.17) is 4.74 Å². The van der Waals surface area contributed by atoms with Crippen LogP contribution in [0.5, 0.6) is 0 Å². The van der Waals surface area contributed by atoms with Gasteiger partial charge in [-0.25, -0.2) is 4.79 Å². The minimum atomic E-state index is -0.216. The van der Waals surface area contributed by atoms with Gasteiger partial charge >= 0.3 is 6.03 Å². The highest BCUT2D eigenvalue weighted by Gasteiger charge is 2.63. The van der Waals surface area contributed by atoms with Crippen molar-refractivity contribution in [2.75, 3.05) is 26.2 Å². The monoisotopic (exact) mass is 382 g/mol. The Morgan fingerprint density at radius 1 is 1.32 bits per heavy atom. The topological polar surface area (TPSA) is 86.5 Å². The number of fused-ring (bicyclic) bond motifs is 2. The number of H-pyrrole nitrogens is 1. The van der Waals surface area contributed by atoms with E-state index in [1.54, 1.807) is 0 Å². The molecule has 2 aromatic rings. The number of aromatic amines is 1. The zero-order chi connectivity index (χ0) is 19.3. The molecule has 7 heteroatoms. The third-order valence-corrected chi connectivity index (χ3v) is 6.67. The zero-order valence-corrected chi connectivity index (χ0v) is 16.0. The molecule has 148 valence electrons. The number of nitrogens with one attached hydrogen (secondary N) is 3. The number of benzene rings is 1. The number of urea groups is 1. The minimum absolute atomic E-state index is 0.0146. The first-order valence-corrected chi connectivity index (χ1v) is 10.2. The number of carbonyl (C=O) groups excluding carboxylic acids is 2. The Balaban J connectivity index is 1.27. The van der Waals surface area contributed by atoms with Crippen LogP contribution in [-0.2, 0) is 4.74 Å². The van der Waals surface area contributed by atoms with Crippen molar-refractivity contribution in [3.63, 3.8) is 0 Å². The Labute approximate surface area is 163 Å². The molecule has 3 aliphatic rings. The summed E-state index contributed by atoms with van der Waals surface area (Å²) >= 11 is 0. The van der Waals surface area contributed by atoms with Gasteiger partial charge in [0.1, 0.15) is 5.69 Å². The molecule has 1 spiro atoms. The predicted octanol–water partition coefficient (Wildman–Crippen LogP) is 2.11. The fraction of sp³-hybridized carbons (Fsp3) is 0.524. The van der Waals surface area contributed by atoms with Crippen LogP contribution in [0.2, 0.25) is 0 Å². The van der Waals surface area contributed by atoms with Crippen LogP contribution < -0.4 is 10.6 Å². The van der Waals surface area contributed by atoms with E-state index in [2.05, 4.69) is 15.6 Å². The number of hydrogen-bond acceptors (Lipinski definition) is 3. The van der Waals surface area contributed by atoms with Crippen LogP contribution in [0.25, 0.3) is 10.9 Å². The summed E-state index contributed by atoms with van der Waals surface area (Å²) in [5, 5.41) is 7.02. The van der Waals surface area contributed by atoms with Gasteiger partial charge in [-0.3, -0.25) is 4.79 Å². The highest BCUT2D eigenvalue weighted by molar-refractivity contribution is 5.97. The van der Waals surface area contributed by atoms with Crippen molar-refractivity contribution in [2.24, 2.45) is 11.8 Å². The number of ether oxygens (including phenoxy) is 1. The van der Waals surface area contributed by atoms with Crippen molar-refractivity contribution in [3.05, 3.63) is 36.0 Å². The van der Waals surface area contributed by atoms with Crippen molar-refractivity contribution in [2.45, 2.75) is 31.5 Å². The number of carbonyl (C=O) groups is 2. The first-order chi connectivity index (χ1) is 13.6. The first kappa shape index (κ1) is 17.6. The molecule has 0 saturated carbocycles. The van der Waals surface area contributed by atoms with Gasteiger partial charge in [0.05, 0.1) is 18.2 Å². The summed E-state index contributed by atoms with van der Waals surface area (Å²) in [6.45, 7) is 4.49. The Morgan fingerprint density at radius 3 is 3.00 bits per heavy atom. The van der Waals surface area contributed by atoms with E-state index >= 15 is 0 Å². The summed E-state index contributed by atoms with van der Waals surface area (Å²) in [6, 6.07) is 9.74. The second-order valence-corrected chi connectivity index (χ2v) is 8.23. The highest BCUT2D eigenvalue weighted by Crippen LogP contribution is 2.54. The van der Waals surface area contributed by atoms with Crippen LogP contribution >= 0.6 is 0 Å². The van der Waals surface area contributed by atoms with E-state index in [9.17, 15) is 9.59 Å². The molecule has 28 heavy (non-hydrogen) atoms. The molecule has 3 aliphatic heterocycles. The number of likely N-dealkylation sites (tertiary alicyclic amines) is 1. The number of para-hydroxylation sites is 1. The van der Waals surface area contributed by atoms with Gasteiger partial charge in [-0.1, -0.05) is 18.2 Å². The molecule has 0 radical (unpaired) electrons. The fourth-order valence-corrected chi connectivity index (χ4v) is 5.38. The number of hydrogen-bond donors (Lipinski definition) is 3. The molecule has 1 aromatic heterocycles. The average Bonchev–Trinajstić information content (AvgIpc) is 3.44. The molecule has 7 nitrogen and oxygen atoms in total. The molecule has 0 aliphatic carbocycles. The fourth-order valence-electron chi connectivity index (χ4n) is 5.38. The van der Waals surface area contributed by atoms with Crippen molar-refractivity contribution in [3.8, 4) is 0 Å². The van der Waals surface area contributed by atoms with Crippen molar-refractivity contribution < 1.29 is 14.3 Å². The molecule has 3 N–H and O–H groups in total. The van der Waals surface area contributed by atoms with Crippen LogP contribution in [0.15, 0.2) is 30.3 Å². The maximum atomic E-state index is 12.7. The van der Waals surface area contributed by atoms with Crippen LogP contribution in [-0.4, -0.2) is 59.7 Å². The Hall–Kier alpha value is -2.54. The zero-order valence-electron chi connectivity index (χ0n) is 16.0.